The first-order chi connectivity index (χ1) is 7.34. The van der Waals surface area contributed by atoms with Gasteiger partial charge in [-0.25, -0.2) is 9.67 Å². The quantitative estimate of drug-likeness (QED) is 0.781. The summed E-state index contributed by atoms with van der Waals surface area (Å²) in [5.41, 5.74) is 6.03. The van der Waals surface area contributed by atoms with E-state index in [0.717, 1.165) is 31.0 Å². The van der Waals surface area contributed by atoms with Gasteiger partial charge in [0, 0.05) is 18.2 Å². The third-order valence-electron chi connectivity index (χ3n) is 3.23. The van der Waals surface area contributed by atoms with Crippen LogP contribution in [0, 0.1) is 0 Å². The van der Waals surface area contributed by atoms with Crippen LogP contribution in [0.25, 0.3) is 0 Å². The molecular weight excluding hydrogens is 208 g/mol. The third-order valence-corrected chi connectivity index (χ3v) is 4.39. The fourth-order valence-corrected chi connectivity index (χ4v) is 3.53. The van der Waals surface area contributed by atoms with E-state index in [4.69, 9.17) is 5.73 Å². The van der Waals surface area contributed by atoms with Crippen LogP contribution in [0.15, 0.2) is 0 Å². The van der Waals surface area contributed by atoms with Crippen LogP contribution in [0.1, 0.15) is 42.9 Å². The average molecular weight is 224 g/mol. The Labute approximate surface area is 93.6 Å². The molecule has 15 heavy (non-hydrogen) atoms. The number of nitrogens with two attached hydrogens (primary N) is 1. The number of aryl methyl sites for hydroxylation is 1. The second-order valence-electron chi connectivity index (χ2n) is 4.36. The van der Waals surface area contributed by atoms with Gasteiger partial charge in [0.2, 0.25) is 0 Å². The first-order valence-electron chi connectivity index (χ1n) is 5.62. The summed E-state index contributed by atoms with van der Waals surface area (Å²) in [6.07, 6.45) is 3.41. The van der Waals surface area contributed by atoms with Gasteiger partial charge in [-0.05, 0) is 25.0 Å². The second-order valence-corrected chi connectivity index (χ2v) is 5.51. The van der Waals surface area contributed by atoms with Gasteiger partial charge in [0.15, 0.2) is 5.82 Å². The molecule has 0 aliphatic carbocycles. The molecule has 1 saturated heterocycles. The van der Waals surface area contributed by atoms with Gasteiger partial charge in [-0.3, -0.25) is 0 Å². The molecule has 3 rings (SSSR count). The van der Waals surface area contributed by atoms with Crippen molar-refractivity contribution in [1.82, 2.24) is 14.8 Å². The Morgan fingerprint density at radius 2 is 2.33 bits per heavy atom. The molecular formula is C10H16N4S. The van der Waals surface area contributed by atoms with Crippen LogP contribution in [0.4, 0.5) is 0 Å². The van der Waals surface area contributed by atoms with E-state index in [0.29, 0.717) is 5.92 Å². The highest BCUT2D eigenvalue weighted by Gasteiger charge is 2.26. The van der Waals surface area contributed by atoms with Gasteiger partial charge in [0.25, 0.3) is 0 Å². The Balaban J connectivity index is 1.90. The van der Waals surface area contributed by atoms with Crippen molar-refractivity contribution >= 4 is 11.8 Å². The van der Waals surface area contributed by atoms with Crippen LogP contribution in [0.2, 0.25) is 0 Å². The molecule has 4 nitrogen and oxygen atoms in total. The lowest BCUT2D eigenvalue weighted by molar-refractivity contribution is 0.421. The number of thioether (sulfide) groups is 1. The Hall–Kier alpha value is -0.550. The molecule has 5 heteroatoms. The minimum atomic E-state index is 0.106. The van der Waals surface area contributed by atoms with Crippen LogP contribution in [-0.2, 0) is 6.54 Å². The Morgan fingerprint density at radius 3 is 3.07 bits per heavy atom. The lowest BCUT2D eigenvalue weighted by atomic mass is 10.1. The predicted octanol–water partition coefficient (Wildman–Crippen LogP) is 1.29. The maximum Gasteiger partial charge on any atom is 0.154 e. The summed E-state index contributed by atoms with van der Waals surface area (Å²) in [6, 6.07) is 0.106. The molecule has 0 spiro atoms. The first kappa shape index (κ1) is 9.66. The third kappa shape index (κ3) is 1.67. The van der Waals surface area contributed by atoms with Gasteiger partial charge in [0.1, 0.15) is 5.82 Å². The van der Waals surface area contributed by atoms with Crippen LogP contribution in [0.5, 0.6) is 0 Å². The molecule has 82 valence electrons. The van der Waals surface area contributed by atoms with E-state index in [1.54, 1.807) is 0 Å². The highest BCUT2D eigenvalue weighted by atomic mass is 32.2. The second kappa shape index (κ2) is 3.79. The van der Waals surface area contributed by atoms with E-state index in [9.17, 15) is 0 Å². The molecule has 2 N–H and O–H groups in total. The normalized spacial score (nSPS) is 30.5. The van der Waals surface area contributed by atoms with Crippen molar-refractivity contribution in [1.29, 1.82) is 0 Å². The molecule has 2 aliphatic heterocycles. The highest BCUT2D eigenvalue weighted by Crippen LogP contribution is 2.32. The largest absolute Gasteiger partial charge is 0.321 e. The van der Waals surface area contributed by atoms with Crippen molar-refractivity contribution in [3.8, 4) is 0 Å². The van der Waals surface area contributed by atoms with E-state index in [1.807, 2.05) is 16.4 Å². The van der Waals surface area contributed by atoms with Gasteiger partial charge in [-0.1, -0.05) is 0 Å². The molecule has 0 aromatic carbocycles. The Morgan fingerprint density at radius 1 is 1.40 bits per heavy atom. The first-order valence-corrected chi connectivity index (χ1v) is 6.78. The highest BCUT2D eigenvalue weighted by molar-refractivity contribution is 7.99. The molecule has 0 radical (unpaired) electrons. The van der Waals surface area contributed by atoms with Crippen molar-refractivity contribution in [3.63, 3.8) is 0 Å². The fraction of sp³-hybridized carbons (Fsp3) is 0.800. The number of hydrogen-bond acceptors (Lipinski definition) is 4. The van der Waals surface area contributed by atoms with Gasteiger partial charge < -0.3 is 5.73 Å². The molecule has 1 aromatic heterocycles. The summed E-state index contributed by atoms with van der Waals surface area (Å²) >= 11 is 2.00. The van der Waals surface area contributed by atoms with Gasteiger partial charge in [0.05, 0.1) is 6.04 Å². The lowest BCUT2D eigenvalue weighted by Crippen LogP contribution is -2.22. The SMILES string of the molecule is NC1CCCn2nc(C3CCSC3)nc21. The zero-order chi connectivity index (χ0) is 10.3. The topological polar surface area (TPSA) is 56.7 Å². The molecule has 0 bridgehead atoms. The van der Waals surface area contributed by atoms with Gasteiger partial charge >= 0.3 is 0 Å². The van der Waals surface area contributed by atoms with E-state index in [-0.39, 0.29) is 6.04 Å². The standard InChI is InChI=1S/C10H16N4S/c11-8-2-1-4-14-10(8)12-9(13-14)7-3-5-15-6-7/h7-8H,1-6,11H2. The number of aromatic nitrogens is 3. The van der Waals surface area contributed by atoms with Crippen LogP contribution >= 0.6 is 11.8 Å². The minimum Gasteiger partial charge on any atom is -0.321 e. The molecule has 0 saturated carbocycles. The molecule has 1 aromatic rings. The molecule has 3 heterocycles. The number of rotatable bonds is 1. The average Bonchev–Trinajstić information content (AvgIpc) is 2.86. The van der Waals surface area contributed by atoms with Crippen molar-refractivity contribution in [2.75, 3.05) is 11.5 Å². The van der Waals surface area contributed by atoms with E-state index in [1.165, 1.54) is 17.9 Å². The maximum absolute atomic E-state index is 6.03. The van der Waals surface area contributed by atoms with Crippen molar-refractivity contribution in [2.24, 2.45) is 5.73 Å². The lowest BCUT2D eigenvalue weighted by Gasteiger charge is -2.17. The van der Waals surface area contributed by atoms with E-state index in [2.05, 4.69) is 10.1 Å². The van der Waals surface area contributed by atoms with Crippen LogP contribution < -0.4 is 5.73 Å². The molecule has 1 fully saturated rings. The van der Waals surface area contributed by atoms with Crippen LogP contribution in [-0.4, -0.2) is 26.3 Å². The summed E-state index contributed by atoms with van der Waals surface area (Å²) in [6.45, 7) is 0.996. The summed E-state index contributed by atoms with van der Waals surface area (Å²) < 4.78 is 2.02. The number of hydrogen-bond donors (Lipinski definition) is 1. The fourth-order valence-electron chi connectivity index (χ4n) is 2.31. The van der Waals surface area contributed by atoms with Crippen molar-refractivity contribution in [2.45, 2.75) is 37.8 Å². The summed E-state index contributed by atoms with van der Waals surface area (Å²) in [4.78, 5) is 4.63. The zero-order valence-corrected chi connectivity index (χ0v) is 9.54. The predicted molar refractivity (Wildman–Crippen MR) is 60.9 cm³/mol. The molecule has 2 unspecified atom stereocenters. The summed E-state index contributed by atoms with van der Waals surface area (Å²) in [5.74, 6) is 5.04. The number of fused-ring (bicyclic) bond motifs is 1. The molecule has 2 aliphatic rings. The Bertz CT molecular complexity index is 356. The summed E-state index contributed by atoms with van der Waals surface area (Å²) in [7, 11) is 0. The minimum absolute atomic E-state index is 0.106. The Kier molecular flexibility index (Phi) is 2.44. The van der Waals surface area contributed by atoms with Gasteiger partial charge in [-0.2, -0.15) is 16.9 Å². The van der Waals surface area contributed by atoms with Crippen molar-refractivity contribution < 1.29 is 0 Å². The number of nitrogens with zero attached hydrogens (tertiary/aromatic N) is 3. The monoisotopic (exact) mass is 224 g/mol. The molecule has 2 atom stereocenters. The van der Waals surface area contributed by atoms with Gasteiger partial charge in [-0.15, -0.1) is 0 Å². The van der Waals surface area contributed by atoms with Crippen molar-refractivity contribution in [3.05, 3.63) is 11.6 Å². The van der Waals surface area contributed by atoms with Crippen LogP contribution in [0.3, 0.4) is 0 Å². The zero-order valence-electron chi connectivity index (χ0n) is 8.72. The molecule has 0 amide bonds. The van der Waals surface area contributed by atoms with E-state index >= 15 is 0 Å². The summed E-state index contributed by atoms with van der Waals surface area (Å²) in [5, 5.41) is 4.60. The maximum atomic E-state index is 6.03. The van der Waals surface area contributed by atoms with E-state index < -0.39 is 0 Å². The smallest absolute Gasteiger partial charge is 0.154 e.